The van der Waals surface area contributed by atoms with Crippen molar-refractivity contribution in [3.8, 4) is 5.75 Å². The highest BCUT2D eigenvalue weighted by Crippen LogP contribution is 2.52. The summed E-state index contributed by atoms with van der Waals surface area (Å²) in [6.07, 6.45) is 1.49. The topological polar surface area (TPSA) is 30.5 Å². The van der Waals surface area contributed by atoms with Gasteiger partial charge in [0.1, 0.15) is 0 Å². The number of fused-ring (bicyclic) bond motifs is 1. The predicted molar refractivity (Wildman–Crippen MR) is 79.9 cm³/mol. The highest BCUT2D eigenvalue weighted by Gasteiger charge is 2.59. The van der Waals surface area contributed by atoms with E-state index >= 15 is 0 Å². The van der Waals surface area contributed by atoms with Crippen molar-refractivity contribution in [2.45, 2.75) is 45.4 Å². The van der Waals surface area contributed by atoms with Crippen LogP contribution in [0.4, 0.5) is 4.39 Å². The van der Waals surface area contributed by atoms with Crippen molar-refractivity contribution >= 4 is 0 Å². The van der Waals surface area contributed by atoms with Gasteiger partial charge in [0.05, 0.1) is 13.2 Å². The van der Waals surface area contributed by atoms with Gasteiger partial charge in [-0.2, -0.15) is 0 Å². The number of hydrogen-bond acceptors (Lipinski definition) is 3. The van der Waals surface area contributed by atoms with Gasteiger partial charge >= 0.3 is 0 Å². The van der Waals surface area contributed by atoms with Gasteiger partial charge in [0.15, 0.2) is 11.6 Å². The second-order valence-corrected chi connectivity index (χ2v) is 6.83. The summed E-state index contributed by atoms with van der Waals surface area (Å²) in [6.45, 7) is 7.44. The largest absolute Gasteiger partial charge is 0.494 e. The quantitative estimate of drug-likeness (QED) is 0.924. The molecule has 1 aromatic carbocycles. The van der Waals surface area contributed by atoms with Crippen molar-refractivity contribution in [2.24, 2.45) is 11.3 Å². The van der Waals surface area contributed by atoms with E-state index in [4.69, 9.17) is 9.47 Å². The van der Waals surface area contributed by atoms with Crippen LogP contribution in [0, 0.1) is 17.2 Å². The average molecular weight is 293 g/mol. The van der Waals surface area contributed by atoms with E-state index in [-0.39, 0.29) is 17.3 Å². The van der Waals surface area contributed by atoms with E-state index in [9.17, 15) is 4.39 Å². The molecule has 4 unspecified atom stereocenters. The molecule has 1 aliphatic heterocycles. The lowest BCUT2D eigenvalue weighted by Crippen LogP contribution is -2.66. The van der Waals surface area contributed by atoms with Gasteiger partial charge in [-0.15, -0.1) is 0 Å². The molecular weight excluding hydrogens is 269 g/mol. The van der Waals surface area contributed by atoms with Crippen molar-refractivity contribution in [2.75, 3.05) is 13.7 Å². The Bertz CT molecular complexity index is 532. The third-order valence-corrected chi connectivity index (χ3v) is 5.21. The van der Waals surface area contributed by atoms with Crippen molar-refractivity contribution < 1.29 is 13.9 Å². The van der Waals surface area contributed by atoms with Gasteiger partial charge in [0.25, 0.3) is 0 Å². The molecular formula is C17H24FNO2. The zero-order valence-corrected chi connectivity index (χ0v) is 13.2. The fourth-order valence-corrected chi connectivity index (χ4v) is 3.98. The molecule has 0 aromatic heterocycles. The molecule has 21 heavy (non-hydrogen) atoms. The molecule has 1 saturated carbocycles. The zero-order valence-electron chi connectivity index (χ0n) is 13.2. The molecule has 4 heteroatoms. The maximum absolute atomic E-state index is 13.8. The van der Waals surface area contributed by atoms with Gasteiger partial charge in [-0.25, -0.2) is 4.39 Å². The normalized spacial score (nSPS) is 31.4. The van der Waals surface area contributed by atoms with Crippen LogP contribution < -0.4 is 10.1 Å². The Morgan fingerprint density at radius 2 is 2.19 bits per heavy atom. The molecule has 1 aromatic rings. The Hall–Kier alpha value is -1.13. The van der Waals surface area contributed by atoms with Crippen LogP contribution in [0.25, 0.3) is 0 Å². The van der Waals surface area contributed by atoms with Crippen molar-refractivity contribution in [1.29, 1.82) is 0 Å². The van der Waals surface area contributed by atoms with Crippen LogP contribution in [0.1, 0.15) is 38.8 Å². The molecule has 0 spiro atoms. The standard InChI is InChI=1S/C17H24FNO2/c1-10(11-5-6-14(20-4)13(18)9-11)19-15-12-7-8-21-16(12)17(15,2)3/h5-6,9-10,12,15-16,19H,7-8H2,1-4H3. The van der Waals surface area contributed by atoms with Crippen LogP contribution >= 0.6 is 0 Å². The van der Waals surface area contributed by atoms with Gasteiger partial charge < -0.3 is 14.8 Å². The first-order valence-electron chi connectivity index (χ1n) is 7.66. The van der Waals surface area contributed by atoms with Gasteiger partial charge in [0.2, 0.25) is 0 Å². The predicted octanol–water partition coefficient (Wildman–Crippen LogP) is 3.30. The summed E-state index contributed by atoms with van der Waals surface area (Å²) in [4.78, 5) is 0. The first kappa shape index (κ1) is 14.8. The van der Waals surface area contributed by atoms with Crippen molar-refractivity contribution in [3.63, 3.8) is 0 Å². The first-order chi connectivity index (χ1) is 9.95. The molecule has 0 bridgehead atoms. The van der Waals surface area contributed by atoms with E-state index in [0.29, 0.717) is 23.8 Å². The Balaban J connectivity index is 1.72. The number of hydrogen-bond donors (Lipinski definition) is 1. The molecule has 1 aliphatic carbocycles. The Morgan fingerprint density at radius 3 is 2.86 bits per heavy atom. The summed E-state index contributed by atoms with van der Waals surface area (Å²) in [5.74, 6) is 0.573. The molecule has 2 aliphatic rings. The van der Waals surface area contributed by atoms with Gasteiger partial charge in [-0.3, -0.25) is 0 Å². The lowest BCUT2D eigenvalue weighted by molar-refractivity contribution is -0.115. The molecule has 4 atom stereocenters. The molecule has 0 radical (unpaired) electrons. The lowest BCUT2D eigenvalue weighted by atomic mass is 9.57. The molecule has 1 saturated heterocycles. The van der Waals surface area contributed by atoms with Gasteiger partial charge in [0, 0.05) is 30.0 Å². The lowest BCUT2D eigenvalue weighted by Gasteiger charge is -2.55. The molecule has 1 N–H and O–H groups in total. The number of ether oxygens (including phenoxy) is 2. The minimum atomic E-state index is -0.307. The monoisotopic (exact) mass is 293 g/mol. The smallest absolute Gasteiger partial charge is 0.165 e. The summed E-state index contributed by atoms with van der Waals surface area (Å²) in [7, 11) is 1.48. The third-order valence-electron chi connectivity index (χ3n) is 5.21. The highest BCUT2D eigenvalue weighted by atomic mass is 19.1. The molecule has 0 amide bonds. The average Bonchev–Trinajstić information content (AvgIpc) is 2.91. The van der Waals surface area contributed by atoms with Crippen molar-refractivity contribution in [3.05, 3.63) is 29.6 Å². The summed E-state index contributed by atoms with van der Waals surface area (Å²) in [5, 5.41) is 3.67. The van der Waals surface area contributed by atoms with E-state index in [2.05, 4.69) is 26.1 Å². The van der Waals surface area contributed by atoms with Crippen LogP contribution in [0.3, 0.4) is 0 Å². The molecule has 3 rings (SSSR count). The number of rotatable bonds is 4. The van der Waals surface area contributed by atoms with E-state index < -0.39 is 0 Å². The second kappa shape index (κ2) is 5.25. The summed E-state index contributed by atoms with van der Waals surface area (Å²) >= 11 is 0. The van der Waals surface area contributed by atoms with Gasteiger partial charge in [-0.1, -0.05) is 19.9 Å². The summed E-state index contributed by atoms with van der Waals surface area (Å²) < 4.78 is 24.6. The SMILES string of the molecule is COc1ccc(C(C)NC2C3CCOC3C2(C)C)cc1F. The maximum Gasteiger partial charge on any atom is 0.165 e. The van der Waals surface area contributed by atoms with Gasteiger partial charge in [-0.05, 0) is 31.0 Å². The fourth-order valence-electron chi connectivity index (χ4n) is 3.98. The highest BCUT2D eigenvalue weighted by molar-refractivity contribution is 5.31. The Morgan fingerprint density at radius 1 is 1.43 bits per heavy atom. The number of halogens is 1. The van der Waals surface area contributed by atoms with Crippen LogP contribution in [0.5, 0.6) is 5.75 Å². The maximum atomic E-state index is 13.8. The minimum Gasteiger partial charge on any atom is -0.494 e. The fraction of sp³-hybridized carbons (Fsp3) is 0.647. The molecule has 2 fully saturated rings. The molecule has 1 heterocycles. The molecule has 116 valence electrons. The van der Waals surface area contributed by atoms with Crippen LogP contribution in [0.2, 0.25) is 0 Å². The van der Waals surface area contributed by atoms with Crippen LogP contribution in [-0.4, -0.2) is 25.9 Å². The van der Waals surface area contributed by atoms with Crippen LogP contribution in [-0.2, 0) is 4.74 Å². The number of nitrogens with one attached hydrogen (secondary N) is 1. The third kappa shape index (κ3) is 2.34. The van der Waals surface area contributed by atoms with E-state index in [1.165, 1.54) is 7.11 Å². The van der Waals surface area contributed by atoms with Crippen LogP contribution in [0.15, 0.2) is 18.2 Å². The molecule has 3 nitrogen and oxygen atoms in total. The van der Waals surface area contributed by atoms with E-state index in [0.717, 1.165) is 18.6 Å². The van der Waals surface area contributed by atoms with Crippen molar-refractivity contribution in [1.82, 2.24) is 5.32 Å². The number of benzene rings is 1. The number of methoxy groups -OCH3 is 1. The van der Waals surface area contributed by atoms with E-state index in [1.54, 1.807) is 12.1 Å². The zero-order chi connectivity index (χ0) is 15.2. The Kier molecular flexibility index (Phi) is 3.70. The Labute approximate surface area is 125 Å². The summed E-state index contributed by atoms with van der Waals surface area (Å²) in [6, 6.07) is 5.70. The first-order valence-corrected chi connectivity index (χ1v) is 7.66. The van der Waals surface area contributed by atoms with E-state index in [1.807, 2.05) is 6.07 Å². The second-order valence-electron chi connectivity index (χ2n) is 6.83. The minimum absolute atomic E-state index is 0.108. The summed E-state index contributed by atoms with van der Waals surface area (Å²) in [5.41, 5.74) is 1.09.